The fourth-order valence-electron chi connectivity index (χ4n) is 7.26. The SMILES string of the molecule is CCOc1ccccc1[C@H]1[C@H](C(=O)c2cccc(OC)c2)N2c3ccc(Cl)cc3C=CC2C12C(=O)c1ccccc1C2=O. The number of rotatable bonds is 6. The van der Waals surface area contributed by atoms with Crippen molar-refractivity contribution in [1.29, 1.82) is 0 Å². The number of para-hydroxylation sites is 1. The predicted molar refractivity (Wildman–Crippen MR) is 166 cm³/mol. The first-order valence-corrected chi connectivity index (χ1v) is 14.6. The van der Waals surface area contributed by atoms with E-state index < -0.39 is 23.4 Å². The van der Waals surface area contributed by atoms with Gasteiger partial charge in [0.05, 0.1) is 19.8 Å². The number of Topliss-reactive ketones (excluding diaryl/α,β-unsaturated/α-hetero) is 3. The number of methoxy groups -OCH3 is 1. The maximum absolute atomic E-state index is 14.9. The van der Waals surface area contributed by atoms with Crippen LogP contribution < -0.4 is 14.4 Å². The van der Waals surface area contributed by atoms with Gasteiger partial charge in [-0.3, -0.25) is 14.4 Å². The summed E-state index contributed by atoms with van der Waals surface area (Å²) in [6, 6.07) is 25.1. The van der Waals surface area contributed by atoms with E-state index in [9.17, 15) is 14.4 Å². The molecule has 3 atom stereocenters. The normalized spacial score (nSPS) is 21.0. The molecule has 1 aliphatic carbocycles. The molecule has 0 radical (unpaired) electrons. The average molecular weight is 590 g/mol. The molecule has 2 heterocycles. The Balaban J connectivity index is 1.56. The molecule has 0 amide bonds. The first kappa shape index (κ1) is 27.2. The van der Waals surface area contributed by atoms with Crippen molar-refractivity contribution in [1.82, 2.24) is 0 Å². The number of hydrogen-bond acceptors (Lipinski definition) is 6. The standard InChI is InChI=1S/C36H28ClNO5/c1-3-43-29-14-7-6-13-27(29)31-32(33(39)22-9-8-10-24(20-22)42-2)38-28-17-16-23(37)19-21(28)15-18-30(38)36(31)34(40)25-11-4-5-12-26(25)35(36)41/h4-20,30-32H,3H2,1-2H3/t30?,31-,32+/m0/s1. The molecule has 43 heavy (non-hydrogen) atoms. The summed E-state index contributed by atoms with van der Waals surface area (Å²) in [5.74, 6) is -0.616. The van der Waals surface area contributed by atoms with E-state index in [4.69, 9.17) is 21.1 Å². The quantitative estimate of drug-likeness (QED) is 0.177. The Morgan fingerprint density at radius 1 is 0.907 bits per heavy atom. The van der Waals surface area contributed by atoms with Crippen LogP contribution >= 0.6 is 11.6 Å². The summed E-state index contributed by atoms with van der Waals surface area (Å²) in [7, 11) is 1.55. The van der Waals surface area contributed by atoms with Gasteiger partial charge < -0.3 is 14.4 Å². The van der Waals surface area contributed by atoms with Gasteiger partial charge in [0, 0.05) is 38.9 Å². The van der Waals surface area contributed by atoms with E-state index >= 15 is 0 Å². The smallest absolute Gasteiger partial charge is 0.186 e. The fourth-order valence-corrected chi connectivity index (χ4v) is 7.44. The Hall–Kier alpha value is -4.68. The molecule has 7 heteroatoms. The lowest BCUT2D eigenvalue weighted by atomic mass is 9.64. The first-order valence-electron chi connectivity index (χ1n) is 14.3. The van der Waals surface area contributed by atoms with Crippen molar-refractivity contribution in [2.24, 2.45) is 5.41 Å². The summed E-state index contributed by atoms with van der Waals surface area (Å²) in [5.41, 5.74) is 1.70. The average Bonchev–Trinajstić information content (AvgIpc) is 3.47. The number of fused-ring (bicyclic) bond motifs is 5. The molecule has 1 spiro atoms. The zero-order chi connectivity index (χ0) is 29.9. The molecule has 0 aromatic heterocycles. The Labute approximate surface area is 254 Å². The van der Waals surface area contributed by atoms with Crippen LogP contribution in [0.5, 0.6) is 11.5 Å². The van der Waals surface area contributed by atoms with Crippen molar-refractivity contribution in [2.75, 3.05) is 18.6 Å². The van der Waals surface area contributed by atoms with Crippen LogP contribution in [0, 0.1) is 5.41 Å². The maximum atomic E-state index is 14.9. The van der Waals surface area contributed by atoms with Crippen LogP contribution in [0.15, 0.2) is 97.1 Å². The number of benzene rings is 4. The van der Waals surface area contributed by atoms with E-state index in [0.717, 1.165) is 11.3 Å². The molecular weight excluding hydrogens is 562 g/mol. The first-order chi connectivity index (χ1) is 20.9. The molecule has 0 bridgehead atoms. The lowest BCUT2D eigenvalue weighted by Gasteiger charge is -2.37. The monoisotopic (exact) mass is 589 g/mol. The van der Waals surface area contributed by atoms with E-state index in [1.165, 1.54) is 0 Å². The summed E-state index contributed by atoms with van der Waals surface area (Å²) in [6.07, 6.45) is 3.78. The molecule has 1 saturated heterocycles. The molecule has 0 saturated carbocycles. The highest BCUT2D eigenvalue weighted by Gasteiger charge is 2.72. The Morgan fingerprint density at radius 2 is 1.63 bits per heavy atom. The Bertz CT molecular complexity index is 1810. The lowest BCUT2D eigenvalue weighted by molar-refractivity contribution is 0.0664. The van der Waals surface area contributed by atoms with Gasteiger partial charge in [0.2, 0.25) is 0 Å². The topological polar surface area (TPSA) is 72.9 Å². The maximum Gasteiger partial charge on any atom is 0.186 e. The summed E-state index contributed by atoms with van der Waals surface area (Å²) in [6.45, 7) is 2.26. The van der Waals surface area contributed by atoms with Gasteiger partial charge in [-0.25, -0.2) is 0 Å². The van der Waals surface area contributed by atoms with E-state index in [1.54, 1.807) is 61.7 Å². The largest absolute Gasteiger partial charge is 0.497 e. The molecule has 1 unspecified atom stereocenters. The highest BCUT2D eigenvalue weighted by Crippen LogP contribution is 2.62. The van der Waals surface area contributed by atoms with Gasteiger partial charge in [-0.2, -0.15) is 0 Å². The van der Waals surface area contributed by atoms with E-state index in [1.807, 2.05) is 60.4 Å². The Kier molecular flexibility index (Phi) is 6.47. The minimum Gasteiger partial charge on any atom is -0.497 e. The van der Waals surface area contributed by atoms with Gasteiger partial charge in [-0.15, -0.1) is 0 Å². The van der Waals surface area contributed by atoms with Crippen LogP contribution in [0.25, 0.3) is 6.08 Å². The van der Waals surface area contributed by atoms with Crippen LogP contribution in [0.2, 0.25) is 5.02 Å². The van der Waals surface area contributed by atoms with Gasteiger partial charge in [-0.05, 0) is 48.9 Å². The van der Waals surface area contributed by atoms with E-state index in [2.05, 4.69) is 0 Å². The van der Waals surface area contributed by atoms with Crippen LogP contribution in [-0.2, 0) is 0 Å². The summed E-state index contributed by atoms with van der Waals surface area (Å²) < 4.78 is 11.6. The highest BCUT2D eigenvalue weighted by atomic mass is 35.5. The second kappa shape index (κ2) is 10.2. The second-order valence-electron chi connectivity index (χ2n) is 11.0. The van der Waals surface area contributed by atoms with Crippen molar-refractivity contribution in [3.05, 3.63) is 130 Å². The second-order valence-corrected chi connectivity index (χ2v) is 11.4. The lowest BCUT2D eigenvalue weighted by Crippen LogP contribution is -2.48. The third-order valence-corrected chi connectivity index (χ3v) is 9.18. The third kappa shape index (κ3) is 3.83. The molecule has 1 fully saturated rings. The fraction of sp³-hybridized carbons (Fsp3) is 0.194. The van der Waals surface area contributed by atoms with Crippen molar-refractivity contribution in [3.8, 4) is 11.5 Å². The van der Waals surface area contributed by atoms with Gasteiger partial charge in [0.1, 0.15) is 23.0 Å². The molecule has 4 aromatic carbocycles. The van der Waals surface area contributed by atoms with Crippen LogP contribution in [-0.4, -0.2) is 43.2 Å². The zero-order valence-corrected chi connectivity index (χ0v) is 24.4. The zero-order valence-electron chi connectivity index (χ0n) is 23.6. The number of ether oxygens (including phenoxy) is 2. The molecule has 7 rings (SSSR count). The molecule has 214 valence electrons. The summed E-state index contributed by atoms with van der Waals surface area (Å²) in [4.78, 5) is 46.5. The summed E-state index contributed by atoms with van der Waals surface area (Å²) >= 11 is 6.40. The van der Waals surface area contributed by atoms with Gasteiger partial charge in [-0.1, -0.05) is 78.4 Å². The molecule has 3 aliphatic rings. The number of nitrogens with zero attached hydrogens (tertiary/aromatic N) is 1. The molecular formula is C36H28ClNO5. The molecule has 4 aromatic rings. The minimum absolute atomic E-state index is 0.232. The number of ketones is 3. The van der Waals surface area contributed by atoms with Crippen molar-refractivity contribution < 1.29 is 23.9 Å². The van der Waals surface area contributed by atoms with Crippen molar-refractivity contribution in [2.45, 2.75) is 24.9 Å². The van der Waals surface area contributed by atoms with E-state index in [0.29, 0.717) is 45.4 Å². The van der Waals surface area contributed by atoms with Crippen molar-refractivity contribution >= 4 is 40.7 Å². The number of carbonyl (C=O) groups is 3. The molecule has 6 nitrogen and oxygen atoms in total. The number of anilines is 1. The summed E-state index contributed by atoms with van der Waals surface area (Å²) in [5, 5.41) is 0.546. The van der Waals surface area contributed by atoms with Gasteiger partial charge >= 0.3 is 0 Å². The number of hydrogen-bond donors (Lipinski definition) is 0. The third-order valence-electron chi connectivity index (χ3n) is 8.94. The van der Waals surface area contributed by atoms with Crippen molar-refractivity contribution in [3.63, 3.8) is 0 Å². The van der Waals surface area contributed by atoms with Gasteiger partial charge in [0.15, 0.2) is 17.3 Å². The van der Waals surface area contributed by atoms with Crippen LogP contribution in [0.1, 0.15) is 55.0 Å². The number of carbonyl (C=O) groups excluding carboxylic acids is 3. The highest BCUT2D eigenvalue weighted by molar-refractivity contribution is 6.33. The van der Waals surface area contributed by atoms with Crippen LogP contribution in [0.4, 0.5) is 5.69 Å². The minimum atomic E-state index is -1.62. The Morgan fingerprint density at radius 3 is 2.35 bits per heavy atom. The predicted octanol–water partition coefficient (Wildman–Crippen LogP) is 7.06. The number of halogens is 1. The van der Waals surface area contributed by atoms with Gasteiger partial charge in [0.25, 0.3) is 0 Å². The molecule has 2 aliphatic heterocycles. The molecule has 0 N–H and O–H groups in total. The van der Waals surface area contributed by atoms with Crippen LogP contribution in [0.3, 0.4) is 0 Å². The van der Waals surface area contributed by atoms with E-state index in [-0.39, 0.29) is 17.3 Å².